The van der Waals surface area contributed by atoms with Gasteiger partial charge in [0, 0.05) is 37.6 Å². The number of hydrogen-bond acceptors (Lipinski definition) is 5. The van der Waals surface area contributed by atoms with E-state index < -0.39 is 5.60 Å². The summed E-state index contributed by atoms with van der Waals surface area (Å²) in [4.78, 5) is 20.8. The van der Waals surface area contributed by atoms with Crippen LogP contribution >= 0.6 is 0 Å². The van der Waals surface area contributed by atoms with Crippen molar-refractivity contribution in [2.75, 3.05) is 32.7 Å². The number of nitrogens with zero attached hydrogens (tertiary/aromatic N) is 3. The van der Waals surface area contributed by atoms with E-state index in [0.717, 1.165) is 24.4 Å². The number of furan rings is 1. The summed E-state index contributed by atoms with van der Waals surface area (Å²) in [5, 5.41) is 14.0. The Kier molecular flexibility index (Phi) is 6.70. The number of nitrogens with one attached hydrogen (secondary N) is 1. The Labute approximate surface area is 166 Å². The zero-order valence-corrected chi connectivity index (χ0v) is 16.7. The predicted molar refractivity (Wildman–Crippen MR) is 107 cm³/mol. The first-order chi connectivity index (χ1) is 13.6. The molecule has 0 aromatic carbocycles. The van der Waals surface area contributed by atoms with E-state index in [1.54, 1.807) is 23.6 Å². The summed E-state index contributed by atoms with van der Waals surface area (Å²) in [7, 11) is 0. The molecule has 2 amide bonds. The van der Waals surface area contributed by atoms with E-state index in [2.05, 4.69) is 29.0 Å². The van der Waals surface area contributed by atoms with Crippen molar-refractivity contribution in [2.45, 2.75) is 38.3 Å². The molecule has 7 heteroatoms. The van der Waals surface area contributed by atoms with E-state index in [0.29, 0.717) is 32.5 Å². The summed E-state index contributed by atoms with van der Waals surface area (Å²) in [6.45, 7) is 7.45. The Balaban J connectivity index is 1.56. The van der Waals surface area contributed by atoms with Crippen LogP contribution in [0.4, 0.5) is 4.79 Å². The summed E-state index contributed by atoms with van der Waals surface area (Å²) in [5.74, 6) is 0.855. The molecule has 1 fully saturated rings. The van der Waals surface area contributed by atoms with E-state index in [9.17, 15) is 9.90 Å². The molecule has 0 saturated carbocycles. The van der Waals surface area contributed by atoms with Crippen molar-refractivity contribution in [1.29, 1.82) is 0 Å². The number of carbonyl (C=O) groups excluding carboxylic acids is 1. The van der Waals surface area contributed by atoms with Crippen molar-refractivity contribution in [1.82, 2.24) is 20.1 Å². The number of aromatic nitrogens is 1. The third-order valence-corrected chi connectivity index (χ3v) is 5.65. The van der Waals surface area contributed by atoms with Gasteiger partial charge in [-0.25, -0.2) is 4.79 Å². The molecule has 1 aliphatic rings. The van der Waals surface area contributed by atoms with Crippen molar-refractivity contribution < 1.29 is 14.3 Å². The number of rotatable bonds is 7. The number of carbonyl (C=O) groups is 1. The first-order valence-electron chi connectivity index (χ1n) is 10.0. The van der Waals surface area contributed by atoms with Gasteiger partial charge in [0.1, 0.15) is 5.76 Å². The lowest BCUT2D eigenvalue weighted by molar-refractivity contribution is -0.0171. The van der Waals surface area contributed by atoms with Crippen molar-refractivity contribution in [3.63, 3.8) is 0 Å². The van der Waals surface area contributed by atoms with Gasteiger partial charge in [-0.1, -0.05) is 19.9 Å². The maximum Gasteiger partial charge on any atom is 0.317 e. The third kappa shape index (κ3) is 4.54. The number of pyridine rings is 1. The zero-order valence-electron chi connectivity index (χ0n) is 16.7. The van der Waals surface area contributed by atoms with Crippen LogP contribution in [0.25, 0.3) is 0 Å². The lowest BCUT2D eigenvalue weighted by Crippen LogP contribution is -2.50. The van der Waals surface area contributed by atoms with Gasteiger partial charge in [0.25, 0.3) is 0 Å². The van der Waals surface area contributed by atoms with Gasteiger partial charge in [-0.05, 0) is 44.1 Å². The molecular weight excluding hydrogens is 356 g/mol. The van der Waals surface area contributed by atoms with E-state index in [-0.39, 0.29) is 12.1 Å². The number of urea groups is 1. The van der Waals surface area contributed by atoms with Gasteiger partial charge in [0.2, 0.25) is 0 Å². The monoisotopic (exact) mass is 386 g/mol. The largest absolute Gasteiger partial charge is 0.468 e. The third-order valence-electron chi connectivity index (χ3n) is 5.65. The molecule has 152 valence electrons. The number of aliphatic hydroxyl groups is 1. The van der Waals surface area contributed by atoms with Crippen LogP contribution in [-0.4, -0.2) is 58.6 Å². The quantitative estimate of drug-likeness (QED) is 0.765. The molecule has 1 aliphatic heterocycles. The Morgan fingerprint density at radius 2 is 2.07 bits per heavy atom. The minimum absolute atomic E-state index is 0.00562. The highest BCUT2D eigenvalue weighted by molar-refractivity contribution is 5.74. The lowest BCUT2D eigenvalue weighted by Gasteiger charge is -2.38. The predicted octanol–water partition coefficient (Wildman–Crippen LogP) is 2.75. The first kappa shape index (κ1) is 20.4. The summed E-state index contributed by atoms with van der Waals surface area (Å²) in [5.41, 5.74) is -0.0994. The second-order valence-corrected chi connectivity index (χ2v) is 7.20. The average Bonchev–Trinajstić information content (AvgIpc) is 3.26. The molecule has 1 unspecified atom stereocenters. The molecule has 2 aromatic heterocycles. The molecule has 0 spiro atoms. The fourth-order valence-electron chi connectivity index (χ4n) is 3.86. The summed E-state index contributed by atoms with van der Waals surface area (Å²) < 4.78 is 5.59. The van der Waals surface area contributed by atoms with Gasteiger partial charge in [-0.15, -0.1) is 0 Å². The van der Waals surface area contributed by atoms with Crippen molar-refractivity contribution >= 4 is 6.03 Å². The molecule has 0 bridgehead atoms. The first-order valence-corrected chi connectivity index (χ1v) is 10.0. The molecule has 3 heterocycles. The van der Waals surface area contributed by atoms with Crippen LogP contribution in [0, 0.1) is 0 Å². The van der Waals surface area contributed by atoms with E-state index in [4.69, 9.17) is 4.42 Å². The van der Waals surface area contributed by atoms with Crippen LogP contribution in [0.5, 0.6) is 0 Å². The molecule has 0 aliphatic carbocycles. The van der Waals surface area contributed by atoms with E-state index in [1.165, 1.54) is 0 Å². The molecule has 7 nitrogen and oxygen atoms in total. The SMILES string of the molecule is CCN(CC)C(CNC(=O)N1CCC(O)(c2cccnc2)CC1)c1ccco1. The van der Waals surface area contributed by atoms with Crippen LogP contribution in [-0.2, 0) is 5.60 Å². The molecule has 3 rings (SSSR count). The van der Waals surface area contributed by atoms with Gasteiger partial charge >= 0.3 is 6.03 Å². The number of amides is 2. The maximum atomic E-state index is 12.7. The number of likely N-dealkylation sites (N-methyl/N-ethyl adjacent to an activating group) is 1. The molecule has 2 aromatic rings. The number of likely N-dealkylation sites (tertiary alicyclic amines) is 1. The van der Waals surface area contributed by atoms with Gasteiger partial charge in [-0.2, -0.15) is 0 Å². The average molecular weight is 386 g/mol. The van der Waals surface area contributed by atoms with Crippen LogP contribution in [0.15, 0.2) is 47.3 Å². The topological polar surface area (TPSA) is 81.8 Å². The second-order valence-electron chi connectivity index (χ2n) is 7.20. The fourth-order valence-corrected chi connectivity index (χ4v) is 3.86. The highest BCUT2D eigenvalue weighted by atomic mass is 16.3. The minimum Gasteiger partial charge on any atom is -0.468 e. The lowest BCUT2D eigenvalue weighted by atomic mass is 9.85. The van der Waals surface area contributed by atoms with Gasteiger partial charge in [-0.3, -0.25) is 9.88 Å². The molecule has 0 radical (unpaired) electrons. The smallest absolute Gasteiger partial charge is 0.317 e. The minimum atomic E-state index is -0.914. The van der Waals surface area contributed by atoms with Crippen LogP contribution < -0.4 is 5.32 Å². The van der Waals surface area contributed by atoms with E-state index >= 15 is 0 Å². The normalized spacial score (nSPS) is 17.5. The molecule has 28 heavy (non-hydrogen) atoms. The summed E-state index contributed by atoms with van der Waals surface area (Å²) >= 11 is 0. The maximum absolute atomic E-state index is 12.7. The Bertz CT molecular complexity index is 723. The van der Waals surface area contributed by atoms with E-state index in [1.807, 2.05) is 24.3 Å². The van der Waals surface area contributed by atoms with Gasteiger partial charge in [0.05, 0.1) is 17.9 Å². The Morgan fingerprint density at radius 3 is 2.64 bits per heavy atom. The van der Waals surface area contributed by atoms with Crippen molar-refractivity contribution in [3.05, 3.63) is 54.2 Å². The molecule has 2 N–H and O–H groups in total. The van der Waals surface area contributed by atoms with Gasteiger partial charge < -0.3 is 19.7 Å². The van der Waals surface area contributed by atoms with Crippen molar-refractivity contribution in [2.24, 2.45) is 0 Å². The highest BCUT2D eigenvalue weighted by Crippen LogP contribution is 2.32. The van der Waals surface area contributed by atoms with Crippen molar-refractivity contribution in [3.8, 4) is 0 Å². The van der Waals surface area contributed by atoms with Crippen LogP contribution in [0.1, 0.15) is 44.1 Å². The number of hydrogen-bond donors (Lipinski definition) is 2. The Hall–Kier alpha value is -2.38. The molecular formula is C21H30N4O3. The Morgan fingerprint density at radius 1 is 1.32 bits per heavy atom. The summed E-state index contributed by atoms with van der Waals surface area (Å²) in [6.07, 6.45) is 6.07. The van der Waals surface area contributed by atoms with Crippen LogP contribution in [0.2, 0.25) is 0 Å². The van der Waals surface area contributed by atoms with Crippen LogP contribution in [0.3, 0.4) is 0 Å². The molecule has 1 atom stereocenters. The zero-order chi connectivity index (χ0) is 20.0. The second kappa shape index (κ2) is 9.21. The molecule has 1 saturated heterocycles. The fraction of sp³-hybridized carbons (Fsp3) is 0.524. The summed E-state index contributed by atoms with van der Waals surface area (Å²) in [6, 6.07) is 7.44. The standard InChI is InChI=1S/C21H30N4O3/c1-3-24(4-2)18(19-8-6-14-28-19)16-23-20(26)25-12-9-21(27,10-13-25)17-7-5-11-22-15-17/h5-8,11,14-15,18,27H,3-4,9-10,12-13,16H2,1-2H3,(H,23,26). The highest BCUT2D eigenvalue weighted by Gasteiger charge is 2.35. The number of piperidine rings is 1. The van der Waals surface area contributed by atoms with Gasteiger partial charge in [0.15, 0.2) is 0 Å².